The molecule has 3 aromatic rings. The van der Waals surface area contributed by atoms with Crippen molar-refractivity contribution >= 4 is 29.0 Å². The van der Waals surface area contributed by atoms with Crippen LogP contribution in [0.5, 0.6) is 11.5 Å². The van der Waals surface area contributed by atoms with Crippen LogP contribution in [0.1, 0.15) is 75.2 Å². The van der Waals surface area contributed by atoms with E-state index in [2.05, 4.69) is 46.5 Å². The number of urea groups is 1. The number of hydrogen-bond donors (Lipinski definition) is 3. The van der Waals surface area contributed by atoms with Gasteiger partial charge in [0.1, 0.15) is 11.5 Å². The Hall–Kier alpha value is -4.04. The van der Waals surface area contributed by atoms with Gasteiger partial charge in [0, 0.05) is 41.8 Å². The van der Waals surface area contributed by atoms with Gasteiger partial charge in [-0.05, 0) is 138 Å². The van der Waals surface area contributed by atoms with Crippen LogP contribution >= 0.6 is 0 Å². The minimum Gasteiger partial charge on any atom is -0.457 e. The molecule has 0 unspecified atom stereocenters. The van der Waals surface area contributed by atoms with Gasteiger partial charge in [0.15, 0.2) is 0 Å². The lowest BCUT2D eigenvalue weighted by Gasteiger charge is -2.28. The zero-order valence-corrected chi connectivity index (χ0v) is 26.8. The van der Waals surface area contributed by atoms with E-state index in [1.807, 2.05) is 73.7 Å². The topological polar surface area (TPSA) is 85.9 Å². The minimum atomic E-state index is -0.210. The molecular weight excluding hydrogens is 550 g/mol. The quantitative estimate of drug-likeness (QED) is 0.175. The van der Waals surface area contributed by atoms with Crippen molar-refractivity contribution in [1.82, 2.24) is 10.2 Å². The maximum atomic E-state index is 13.0. The third kappa shape index (κ3) is 9.74. The van der Waals surface area contributed by atoms with E-state index in [1.165, 1.54) is 32.4 Å². The van der Waals surface area contributed by atoms with Crippen LogP contribution in [-0.2, 0) is 0 Å². The third-order valence-corrected chi connectivity index (χ3v) is 8.32. The van der Waals surface area contributed by atoms with E-state index in [9.17, 15) is 9.59 Å². The first-order valence-corrected chi connectivity index (χ1v) is 16.2. The number of rotatable bonds is 14. The molecule has 0 aromatic heterocycles. The van der Waals surface area contributed by atoms with Gasteiger partial charge in [0.05, 0.1) is 0 Å². The smallest absolute Gasteiger partial charge is 0.319 e. The molecule has 1 aliphatic rings. The fourth-order valence-corrected chi connectivity index (χ4v) is 5.59. The van der Waals surface area contributed by atoms with Crippen LogP contribution in [0.15, 0.2) is 66.7 Å². The highest BCUT2D eigenvalue weighted by atomic mass is 16.5. The van der Waals surface area contributed by atoms with Crippen LogP contribution in [0.4, 0.5) is 21.9 Å². The van der Waals surface area contributed by atoms with E-state index in [0.29, 0.717) is 28.4 Å². The van der Waals surface area contributed by atoms with Gasteiger partial charge in [-0.3, -0.25) is 4.79 Å². The zero-order chi connectivity index (χ0) is 31.3. The van der Waals surface area contributed by atoms with Crippen molar-refractivity contribution in [3.8, 4) is 11.5 Å². The zero-order valence-electron chi connectivity index (χ0n) is 26.8. The number of anilines is 3. The van der Waals surface area contributed by atoms with Gasteiger partial charge in [0.2, 0.25) is 0 Å². The summed E-state index contributed by atoms with van der Waals surface area (Å²) in [5, 5.41) is 8.84. The van der Waals surface area contributed by atoms with Crippen LogP contribution in [0.2, 0.25) is 0 Å². The van der Waals surface area contributed by atoms with Crippen LogP contribution in [0, 0.1) is 6.92 Å². The molecule has 236 valence electrons. The predicted molar refractivity (Wildman–Crippen MR) is 181 cm³/mol. The van der Waals surface area contributed by atoms with Crippen molar-refractivity contribution in [2.24, 2.45) is 0 Å². The Morgan fingerprint density at radius 2 is 1.55 bits per heavy atom. The maximum absolute atomic E-state index is 13.0. The Labute approximate surface area is 263 Å². The van der Waals surface area contributed by atoms with Gasteiger partial charge in [-0.2, -0.15) is 0 Å². The van der Waals surface area contributed by atoms with E-state index in [-0.39, 0.29) is 18.0 Å². The predicted octanol–water partition coefficient (Wildman–Crippen LogP) is 8.05. The van der Waals surface area contributed by atoms with Crippen molar-refractivity contribution in [3.05, 3.63) is 77.9 Å². The van der Waals surface area contributed by atoms with Crippen molar-refractivity contribution in [3.63, 3.8) is 0 Å². The van der Waals surface area contributed by atoms with E-state index >= 15 is 0 Å². The Bertz CT molecular complexity index is 1330. The first-order valence-electron chi connectivity index (χ1n) is 16.2. The summed E-state index contributed by atoms with van der Waals surface area (Å²) in [4.78, 5) is 30.2. The molecule has 0 spiro atoms. The maximum Gasteiger partial charge on any atom is 0.319 e. The normalized spacial score (nSPS) is 13.4. The second-order valence-electron chi connectivity index (χ2n) is 11.6. The average Bonchev–Trinajstić information content (AvgIpc) is 3.04. The summed E-state index contributed by atoms with van der Waals surface area (Å²) in [7, 11) is 0. The third-order valence-electron chi connectivity index (χ3n) is 8.32. The van der Waals surface area contributed by atoms with Crippen molar-refractivity contribution in [2.45, 2.75) is 72.3 Å². The summed E-state index contributed by atoms with van der Waals surface area (Å²) in [6, 6.07) is 20.7. The average molecular weight is 600 g/mol. The number of ether oxygens (including phenoxy) is 1. The molecule has 0 bridgehead atoms. The van der Waals surface area contributed by atoms with E-state index in [4.69, 9.17) is 4.74 Å². The summed E-state index contributed by atoms with van der Waals surface area (Å²) >= 11 is 0. The van der Waals surface area contributed by atoms with Crippen LogP contribution in [0.25, 0.3) is 0 Å². The summed E-state index contributed by atoms with van der Waals surface area (Å²) in [6.45, 7) is 13.8. The Morgan fingerprint density at radius 3 is 2.18 bits per heavy atom. The second-order valence-corrected chi connectivity index (χ2v) is 11.6. The molecule has 3 aromatic carbocycles. The first-order chi connectivity index (χ1) is 21.4. The van der Waals surface area contributed by atoms with Gasteiger partial charge in [-0.1, -0.05) is 20.3 Å². The van der Waals surface area contributed by atoms with Crippen LogP contribution in [-0.4, -0.2) is 55.6 Å². The molecule has 1 heterocycles. The Kier molecular flexibility index (Phi) is 12.5. The lowest BCUT2D eigenvalue weighted by molar-refractivity contribution is 0.102. The van der Waals surface area contributed by atoms with E-state index < -0.39 is 0 Å². The summed E-state index contributed by atoms with van der Waals surface area (Å²) in [5.74, 6) is 1.21. The Balaban J connectivity index is 1.27. The fraction of sp³-hybridized carbons (Fsp3) is 0.444. The molecule has 1 saturated heterocycles. The largest absolute Gasteiger partial charge is 0.457 e. The van der Waals surface area contributed by atoms with Crippen molar-refractivity contribution < 1.29 is 14.3 Å². The molecule has 0 atom stereocenters. The van der Waals surface area contributed by atoms with Crippen molar-refractivity contribution in [2.75, 3.05) is 48.3 Å². The number of likely N-dealkylation sites (tertiary alicyclic amines) is 1. The first kappa shape index (κ1) is 32.9. The number of aryl methyl sites for hydroxylation is 1. The highest BCUT2D eigenvalue weighted by molar-refractivity contribution is 6.04. The van der Waals surface area contributed by atoms with Crippen LogP contribution in [0.3, 0.4) is 0 Å². The van der Waals surface area contributed by atoms with Gasteiger partial charge in [-0.15, -0.1) is 0 Å². The van der Waals surface area contributed by atoms with Crippen molar-refractivity contribution in [1.29, 1.82) is 0 Å². The molecule has 44 heavy (non-hydrogen) atoms. The number of piperidine rings is 1. The lowest BCUT2D eigenvalue weighted by Crippen LogP contribution is -2.37. The number of hydrogen-bond acceptors (Lipinski definition) is 5. The molecule has 0 saturated carbocycles. The molecule has 3 N–H and O–H groups in total. The summed E-state index contributed by atoms with van der Waals surface area (Å²) in [5.41, 5.74) is 4.07. The molecule has 1 fully saturated rings. The summed E-state index contributed by atoms with van der Waals surface area (Å²) in [6.07, 6.45) is 6.95. The standard InChI is InChI=1S/C36H49N5O3/c1-5-29(6-2)38-36(43)39-30-14-19-33(20-15-30)44-34-21-16-31(26-27(34)4)37-35(42)28-12-17-32(18-13-28)41(7-3)25-11-24-40-22-9-8-10-23-40/h12-21,26,29H,5-11,22-25H2,1-4H3,(H,37,42)(H2,38,39,43). The second kappa shape index (κ2) is 16.7. The Morgan fingerprint density at radius 1 is 0.864 bits per heavy atom. The summed E-state index contributed by atoms with van der Waals surface area (Å²) < 4.78 is 6.07. The number of nitrogens with zero attached hydrogens (tertiary/aromatic N) is 2. The molecule has 4 rings (SSSR count). The molecule has 3 amide bonds. The van der Waals surface area contributed by atoms with Gasteiger partial charge < -0.3 is 30.5 Å². The van der Waals surface area contributed by atoms with E-state index in [1.54, 1.807) is 0 Å². The van der Waals surface area contributed by atoms with E-state index in [0.717, 1.165) is 50.1 Å². The number of amides is 3. The van der Waals surface area contributed by atoms with Crippen LogP contribution < -0.4 is 25.6 Å². The minimum absolute atomic E-state index is 0.144. The molecule has 8 heteroatoms. The number of benzene rings is 3. The van der Waals surface area contributed by atoms with Gasteiger partial charge in [-0.25, -0.2) is 4.79 Å². The number of carbonyl (C=O) groups is 2. The molecule has 1 aliphatic heterocycles. The number of carbonyl (C=O) groups excluding carboxylic acids is 2. The molecule has 8 nitrogen and oxygen atoms in total. The highest BCUT2D eigenvalue weighted by Crippen LogP contribution is 2.28. The SMILES string of the molecule is CCC(CC)NC(=O)Nc1ccc(Oc2ccc(NC(=O)c3ccc(N(CC)CCCN4CCCCC4)cc3)cc2C)cc1. The van der Waals surface area contributed by atoms with Gasteiger partial charge in [0.25, 0.3) is 5.91 Å². The molecule has 0 aliphatic carbocycles. The number of nitrogens with one attached hydrogen (secondary N) is 3. The molecule has 0 radical (unpaired) electrons. The monoisotopic (exact) mass is 599 g/mol. The highest BCUT2D eigenvalue weighted by Gasteiger charge is 2.13. The van der Waals surface area contributed by atoms with Gasteiger partial charge >= 0.3 is 6.03 Å². The molecular formula is C36H49N5O3. The fourth-order valence-electron chi connectivity index (χ4n) is 5.59. The lowest BCUT2D eigenvalue weighted by atomic mass is 10.1.